The molecule has 1 amide bonds. The minimum Gasteiger partial charge on any atom is -0.391 e. The molecule has 1 aliphatic carbocycles. The van der Waals surface area contributed by atoms with Crippen molar-refractivity contribution >= 4 is 38.7 Å². The number of piperazine rings is 1. The minimum absolute atomic E-state index is 0.132. The first-order chi connectivity index (χ1) is 18.1. The van der Waals surface area contributed by atoms with Gasteiger partial charge in [-0.2, -0.15) is 0 Å². The molecular weight excluding hydrogens is 486 g/mol. The number of benzene rings is 1. The van der Waals surface area contributed by atoms with Crippen LogP contribution in [0.5, 0.6) is 0 Å². The second-order valence-corrected chi connectivity index (χ2v) is 10.9. The van der Waals surface area contributed by atoms with Gasteiger partial charge in [0.05, 0.1) is 33.4 Å². The molecule has 6 rings (SSSR count). The van der Waals surface area contributed by atoms with Gasteiger partial charge in [0, 0.05) is 44.6 Å². The largest absolute Gasteiger partial charge is 0.391 e. The maximum atomic E-state index is 13.2. The Hall–Kier alpha value is -3.27. The molecule has 2 atom stereocenters. The molecule has 192 valence electrons. The third-order valence-corrected chi connectivity index (χ3v) is 8.49. The summed E-state index contributed by atoms with van der Waals surface area (Å²) in [5.41, 5.74) is 5.72. The molecule has 0 unspecified atom stereocenters. The molecule has 9 heteroatoms. The van der Waals surface area contributed by atoms with Crippen LogP contribution in [0.25, 0.3) is 15.7 Å². The van der Waals surface area contributed by atoms with Crippen molar-refractivity contribution in [3.8, 4) is 0 Å². The van der Waals surface area contributed by atoms with Crippen LogP contribution in [0.4, 0.5) is 5.69 Å². The molecule has 1 aromatic carbocycles. The Kier molecular flexibility index (Phi) is 6.67. The molecule has 1 aliphatic heterocycles. The second-order valence-electron chi connectivity index (χ2n) is 10.0. The number of aliphatic hydroxyl groups is 1. The first-order valence-corrected chi connectivity index (χ1v) is 13.9. The molecule has 2 fully saturated rings. The lowest BCUT2D eigenvalue weighted by molar-refractivity contribution is 0.0716. The lowest BCUT2D eigenvalue weighted by Gasteiger charge is -2.36. The summed E-state index contributed by atoms with van der Waals surface area (Å²) in [6.07, 6.45) is 4.50. The maximum Gasteiger partial charge on any atom is 0.267 e. The standard InChI is InChI=1S/C28H31N5O3S/c34-25-7-2-1-5-22(25)30-27(35)21-15-19(24-6-3-4-10-33(24)28(21)36)17-31-11-13-32(14-12-31)20-8-9-23-26(16-20)37-18-29-23/h3-4,6,8-10,15-16,18,22,25,34H,1-2,5,7,11-14,17H2,(H,30,35)/t22-,25-/m0/s1. The van der Waals surface area contributed by atoms with Gasteiger partial charge in [0.2, 0.25) is 0 Å². The molecule has 2 aliphatic rings. The first-order valence-electron chi connectivity index (χ1n) is 13.0. The Morgan fingerprint density at radius 1 is 1.08 bits per heavy atom. The smallest absolute Gasteiger partial charge is 0.267 e. The number of hydrogen-bond donors (Lipinski definition) is 2. The zero-order valence-electron chi connectivity index (χ0n) is 20.7. The number of nitrogens with zero attached hydrogens (tertiary/aromatic N) is 4. The summed E-state index contributed by atoms with van der Waals surface area (Å²) in [7, 11) is 0. The number of hydrogen-bond acceptors (Lipinski definition) is 7. The van der Waals surface area contributed by atoms with Gasteiger partial charge in [-0.05, 0) is 54.8 Å². The fraction of sp³-hybridized carbons (Fsp3) is 0.393. The molecule has 0 spiro atoms. The molecule has 1 saturated carbocycles. The van der Waals surface area contributed by atoms with Crippen molar-refractivity contribution in [1.29, 1.82) is 0 Å². The fourth-order valence-electron chi connectivity index (χ4n) is 5.58. The number of thiazole rings is 1. The molecule has 4 heterocycles. The van der Waals surface area contributed by atoms with Crippen molar-refractivity contribution in [3.05, 3.63) is 75.7 Å². The monoisotopic (exact) mass is 517 g/mol. The van der Waals surface area contributed by atoms with E-state index in [9.17, 15) is 14.7 Å². The van der Waals surface area contributed by atoms with Crippen LogP contribution in [0.2, 0.25) is 0 Å². The Bertz CT molecular complexity index is 1490. The van der Waals surface area contributed by atoms with E-state index in [1.54, 1.807) is 28.0 Å². The van der Waals surface area contributed by atoms with Crippen molar-refractivity contribution in [2.75, 3.05) is 31.1 Å². The summed E-state index contributed by atoms with van der Waals surface area (Å²) >= 11 is 1.66. The highest BCUT2D eigenvalue weighted by molar-refractivity contribution is 7.16. The van der Waals surface area contributed by atoms with Gasteiger partial charge in [-0.25, -0.2) is 4.98 Å². The van der Waals surface area contributed by atoms with E-state index in [-0.39, 0.29) is 17.2 Å². The van der Waals surface area contributed by atoms with Gasteiger partial charge in [0.15, 0.2) is 0 Å². The van der Waals surface area contributed by atoms with Gasteiger partial charge < -0.3 is 15.3 Å². The SMILES string of the molecule is O=C(N[C@H]1CCCC[C@@H]1O)c1cc(CN2CCN(c3ccc4ncsc4c3)CC2)c2ccccn2c1=O. The van der Waals surface area contributed by atoms with Gasteiger partial charge in [-0.15, -0.1) is 11.3 Å². The zero-order valence-corrected chi connectivity index (χ0v) is 21.5. The van der Waals surface area contributed by atoms with Crippen LogP contribution in [-0.4, -0.2) is 63.6 Å². The van der Waals surface area contributed by atoms with Gasteiger partial charge in [-0.1, -0.05) is 18.9 Å². The van der Waals surface area contributed by atoms with Crippen LogP contribution >= 0.6 is 11.3 Å². The third-order valence-electron chi connectivity index (χ3n) is 7.69. The van der Waals surface area contributed by atoms with Crippen LogP contribution in [0, 0.1) is 0 Å². The van der Waals surface area contributed by atoms with E-state index in [2.05, 4.69) is 38.3 Å². The molecule has 8 nitrogen and oxygen atoms in total. The number of fused-ring (bicyclic) bond motifs is 2. The highest BCUT2D eigenvalue weighted by atomic mass is 32.1. The number of carbonyl (C=O) groups excluding carboxylic acids is 1. The van der Waals surface area contributed by atoms with Gasteiger partial charge in [0.1, 0.15) is 5.56 Å². The summed E-state index contributed by atoms with van der Waals surface area (Å²) in [5.74, 6) is -0.404. The maximum absolute atomic E-state index is 13.2. The normalized spacial score (nSPS) is 20.9. The van der Waals surface area contributed by atoms with Crippen LogP contribution in [0.3, 0.4) is 0 Å². The lowest BCUT2D eigenvalue weighted by Crippen LogP contribution is -2.47. The molecule has 2 N–H and O–H groups in total. The molecular formula is C28H31N5O3S. The van der Waals surface area contributed by atoms with E-state index < -0.39 is 12.0 Å². The van der Waals surface area contributed by atoms with Gasteiger partial charge >= 0.3 is 0 Å². The number of anilines is 1. The number of aromatic nitrogens is 2. The van der Waals surface area contributed by atoms with Crippen LogP contribution in [-0.2, 0) is 6.54 Å². The topological polar surface area (TPSA) is 90.2 Å². The highest BCUT2D eigenvalue weighted by Crippen LogP contribution is 2.26. The summed E-state index contributed by atoms with van der Waals surface area (Å²) in [6.45, 7) is 4.23. The van der Waals surface area contributed by atoms with E-state index in [4.69, 9.17) is 0 Å². The van der Waals surface area contributed by atoms with Gasteiger partial charge in [-0.3, -0.25) is 18.9 Å². The average Bonchev–Trinajstić information content (AvgIpc) is 3.40. The number of aliphatic hydroxyl groups excluding tert-OH is 1. The number of nitrogens with one attached hydrogen (secondary N) is 1. The van der Waals surface area contributed by atoms with E-state index in [0.29, 0.717) is 13.0 Å². The van der Waals surface area contributed by atoms with Crippen LogP contribution < -0.4 is 15.8 Å². The Morgan fingerprint density at radius 3 is 2.76 bits per heavy atom. The predicted molar refractivity (Wildman–Crippen MR) is 147 cm³/mol. The fourth-order valence-corrected chi connectivity index (χ4v) is 6.29. The highest BCUT2D eigenvalue weighted by Gasteiger charge is 2.27. The molecule has 37 heavy (non-hydrogen) atoms. The quantitative estimate of drug-likeness (QED) is 0.422. The number of carbonyl (C=O) groups is 1. The number of pyridine rings is 2. The summed E-state index contributed by atoms with van der Waals surface area (Å²) in [6, 6.07) is 13.6. The molecule has 4 aromatic rings. The first kappa shape index (κ1) is 24.1. The second kappa shape index (κ2) is 10.2. The average molecular weight is 518 g/mol. The van der Waals surface area contributed by atoms with Crippen LogP contribution in [0.15, 0.2) is 59.0 Å². The zero-order chi connectivity index (χ0) is 25.4. The Balaban J connectivity index is 1.21. The van der Waals surface area contributed by atoms with E-state index in [1.165, 1.54) is 10.4 Å². The summed E-state index contributed by atoms with van der Waals surface area (Å²) in [5, 5.41) is 13.2. The van der Waals surface area contributed by atoms with E-state index in [0.717, 1.165) is 62.0 Å². The van der Waals surface area contributed by atoms with E-state index in [1.807, 2.05) is 23.7 Å². The predicted octanol–water partition coefficient (Wildman–Crippen LogP) is 3.26. The van der Waals surface area contributed by atoms with Crippen molar-refractivity contribution < 1.29 is 9.90 Å². The van der Waals surface area contributed by atoms with Crippen LogP contribution in [0.1, 0.15) is 41.6 Å². The third kappa shape index (κ3) is 4.86. The summed E-state index contributed by atoms with van der Waals surface area (Å²) < 4.78 is 2.77. The van der Waals surface area contributed by atoms with E-state index >= 15 is 0 Å². The number of amides is 1. The Morgan fingerprint density at radius 2 is 1.92 bits per heavy atom. The molecule has 0 radical (unpaired) electrons. The van der Waals surface area contributed by atoms with Crippen molar-refractivity contribution in [2.24, 2.45) is 0 Å². The summed E-state index contributed by atoms with van der Waals surface area (Å²) in [4.78, 5) is 35.6. The molecule has 1 saturated heterocycles. The molecule has 3 aromatic heterocycles. The van der Waals surface area contributed by atoms with Crippen molar-refractivity contribution in [2.45, 2.75) is 44.4 Å². The van der Waals surface area contributed by atoms with Gasteiger partial charge in [0.25, 0.3) is 11.5 Å². The minimum atomic E-state index is -0.562. The number of rotatable bonds is 5. The van der Waals surface area contributed by atoms with Crippen molar-refractivity contribution in [3.63, 3.8) is 0 Å². The molecule has 0 bridgehead atoms. The lowest BCUT2D eigenvalue weighted by atomic mass is 9.92. The Labute approximate surface area is 219 Å². The van der Waals surface area contributed by atoms with Crippen molar-refractivity contribution in [1.82, 2.24) is 19.6 Å².